The molecule has 3 aliphatic carbocycles. The van der Waals surface area contributed by atoms with Crippen LogP contribution >= 0.6 is 15.9 Å². The second kappa shape index (κ2) is 10.1. The van der Waals surface area contributed by atoms with E-state index in [1.807, 2.05) is 12.1 Å². The molecule has 184 valence electrons. The van der Waals surface area contributed by atoms with Crippen LogP contribution in [0.1, 0.15) is 32.8 Å². The van der Waals surface area contributed by atoms with Crippen LogP contribution in [0.3, 0.4) is 0 Å². The van der Waals surface area contributed by atoms with Gasteiger partial charge < -0.3 is 20.1 Å². The Hall–Kier alpha value is -2.30. The van der Waals surface area contributed by atoms with Gasteiger partial charge in [0.1, 0.15) is 17.8 Å². The zero-order chi connectivity index (χ0) is 24.5. The van der Waals surface area contributed by atoms with Gasteiger partial charge in [-0.1, -0.05) is 20.8 Å². The third kappa shape index (κ3) is 4.76. The molecule has 2 bridgehead atoms. The maximum atomic E-state index is 12.9. The van der Waals surface area contributed by atoms with Crippen LogP contribution in [0.25, 0.3) is 0 Å². The number of nitrogens with zero attached hydrogens (tertiary/aromatic N) is 3. The third-order valence-corrected chi connectivity index (χ3v) is 8.35. The van der Waals surface area contributed by atoms with Crippen molar-refractivity contribution in [2.24, 2.45) is 23.2 Å². The highest BCUT2D eigenvalue weighted by Gasteiger charge is 2.61. The highest BCUT2D eigenvalue weighted by Crippen LogP contribution is 2.62. The van der Waals surface area contributed by atoms with E-state index in [1.165, 1.54) is 0 Å². The van der Waals surface area contributed by atoms with Gasteiger partial charge in [-0.2, -0.15) is 5.10 Å². The van der Waals surface area contributed by atoms with E-state index in [4.69, 9.17) is 9.47 Å². The molecule has 0 spiro atoms. The number of amides is 1. The number of rotatable bonds is 9. The smallest absolute Gasteiger partial charge is 0.283 e. The van der Waals surface area contributed by atoms with E-state index >= 15 is 0 Å². The fourth-order valence-electron chi connectivity index (χ4n) is 5.58. The lowest BCUT2D eigenvalue weighted by atomic mass is 9.43. The normalized spacial score (nSPS) is 27.0. The Morgan fingerprint density at radius 2 is 2.03 bits per heavy atom. The molecule has 5 atom stereocenters. The van der Waals surface area contributed by atoms with Crippen molar-refractivity contribution >= 4 is 27.5 Å². The number of methoxy groups -OCH3 is 1. The molecule has 0 aliphatic heterocycles. The summed E-state index contributed by atoms with van der Waals surface area (Å²) >= 11 is 3.42. The van der Waals surface area contributed by atoms with Crippen molar-refractivity contribution in [1.29, 1.82) is 0 Å². The molecule has 2 N–H and O–H groups in total. The van der Waals surface area contributed by atoms with Gasteiger partial charge in [0, 0.05) is 26.0 Å². The molecule has 2 aromatic heterocycles. The van der Waals surface area contributed by atoms with E-state index in [1.54, 1.807) is 25.7 Å². The van der Waals surface area contributed by atoms with E-state index in [-0.39, 0.29) is 42.4 Å². The third-order valence-electron chi connectivity index (χ3n) is 7.59. The van der Waals surface area contributed by atoms with Crippen molar-refractivity contribution in [3.8, 4) is 0 Å². The quantitative estimate of drug-likeness (QED) is 0.477. The molecule has 9 nitrogen and oxygen atoms in total. The summed E-state index contributed by atoms with van der Waals surface area (Å²) in [6.07, 6.45) is 6.02. The first-order valence-corrected chi connectivity index (χ1v) is 12.3. The molecule has 0 aromatic carbocycles. The van der Waals surface area contributed by atoms with Gasteiger partial charge in [-0.3, -0.25) is 14.6 Å². The Morgan fingerprint density at radius 3 is 2.71 bits per heavy atom. The maximum Gasteiger partial charge on any atom is 0.283 e. The number of hydrogen-bond acceptors (Lipinski definition) is 7. The van der Waals surface area contributed by atoms with Crippen LogP contribution in [-0.2, 0) is 27.4 Å². The zero-order valence-corrected chi connectivity index (χ0v) is 21.5. The van der Waals surface area contributed by atoms with Gasteiger partial charge in [-0.05, 0) is 63.2 Å². The number of fused-ring (bicyclic) bond motifs is 2. The lowest BCUT2D eigenvalue weighted by Crippen LogP contribution is -2.66. The van der Waals surface area contributed by atoms with Crippen molar-refractivity contribution in [2.45, 2.75) is 52.4 Å². The maximum absolute atomic E-state index is 12.9. The van der Waals surface area contributed by atoms with Crippen LogP contribution in [0.15, 0.2) is 40.0 Å². The van der Waals surface area contributed by atoms with Crippen LogP contribution in [-0.4, -0.2) is 46.7 Å². The molecule has 2 aromatic rings. The minimum atomic E-state index is -0.368. The summed E-state index contributed by atoms with van der Waals surface area (Å²) in [6.45, 7) is 7.26. The number of carbonyl (C=O) groups is 1. The summed E-state index contributed by atoms with van der Waals surface area (Å²) in [5.74, 6) is 1.04. The van der Waals surface area contributed by atoms with E-state index in [9.17, 15) is 9.59 Å². The second-order valence-electron chi connectivity index (χ2n) is 9.80. The molecular formula is C24H32BrN5O4. The molecule has 0 radical (unpaired) electrons. The number of carbonyl (C=O) groups excluding carboxylic acids is 1. The molecular weight excluding hydrogens is 502 g/mol. The minimum absolute atomic E-state index is 0.0175. The molecule has 1 amide bonds. The first-order chi connectivity index (χ1) is 16.2. The Bertz CT molecular complexity index is 1080. The lowest BCUT2D eigenvalue weighted by molar-refractivity contribution is -0.215. The van der Waals surface area contributed by atoms with E-state index in [0.717, 1.165) is 16.7 Å². The van der Waals surface area contributed by atoms with Crippen molar-refractivity contribution in [3.63, 3.8) is 0 Å². The number of aromatic nitrogens is 3. The van der Waals surface area contributed by atoms with Crippen molar-refractivity contribution in [1.82, 2.24) is 20.1 Å². The van der Waals surface area contributed by atoms with Gasteiger partial charge in [0.05, 0.1) is 24.0 Å². The van der Waals surface area contributed by atoms with Gasteiger partial charge in [-0.25, -0.2) is 4.68 Å². The van der Waals surface area contributed by atoms with Gasteiger partial charge in [0.15, 0.2) is 0 Å². The first kappa shape index (κ1) is 24.8. The van der Waals surface area contributed by atoms with Crippen LogP contribution in [0.5, 0.6) is 0 Å². The van der Waals surface area contributed by atoms with Crippen molar-refractivity contribution < 1.29 is 14.3 Å². The van der Waals surface area contributed by atoms with Crippen LogP contribution in [0, 0.1) is 23.2 Å². The molecule has 3 fully saturated rings. The highest BCUT2D eigenvalue weighted by atomic mass is 79.9. The Kier molecular flexibility index (Phi) is 7.39. The Labute approximate surface area is 207 Å². The molecule has 2 heterocycles. The van der Waals surface area contributed by atoms with Crippen LogP contribution in [0.4, 0.5) is 5.69 Å². The van der Waals surface area contributed by atoms with Crippen LogP contribution < -0.4 is 16.2 Å². The first-order valence-electron chi connectivity index (χ1n) is 11.5. The number of halogens is 1. The topological polar surface area (TPSA) is 107 Å². The Balaban J connectivity index is 1.45. The van der Waals surface area contributed by atoms with Crippen LogP contribution in [0.2, 0.25) is 0 Å². The minimum Gasteiger partial charge on any atom is -0.377 e. The number of anilines is 1. The van der Waals surface area contributed by atoms with Crippen molar-refractivity contribution in [3.05, 3.63) is 51.1 Å². The molecule has 3 saturated carbocycles. The standard InChI is InChI=1S/C24H32BrN5O4/c1-14-16-9-17(24(16,2)3)22(34-13-33-4)21(14)29-18-11-28-30(23(32)20(18)25)12-19(31)27-10-15-5-7-26-8-6-15/h5-8,11,14,16-17,21-22,29H,9-10,12-13H2,1-4H3,(H,27,31). The summed E-state index contributed by atoms with van der Waals surface area (Å²) in [7, 11) is 1.62. The number of ether oxygens (including phenoxy) is 2. The summed E-state index contributed by atoms with van der Waals surface area (Å²) in [6, 6.07) is 3.66. The summed E-state index contributed by atoms with van der Waals surface area (Å²) in [5.41, 5.74) is 1.36. The van der Waals surface area contributed by atoms with Gasteiger partial charge in [-0.15, -0.1) is 0 Å². The number of pyridine rings is 1. The predicted molar refractivity (Wildman–Crippen MR) is 131 cm³/mol. The number of nitrogens with one attached hydrogen (secondary N) is 2. The largest absolute Gasteiger partial charge is 0.377 e. The highest BCUT2D eigenvalue weighted by molar-refractivity contribution is 9.10. The monoisotopic (exact) mass is 533 g/mol. The Morgan fingerprint density at radius 1 is 1.29 bits per heavy atom. The summed E-state index contributed by atoms with van der Waals surface area (Å²) in [4.78, 5) is 29.2. The zero-order valence-electron chi connectivity index (χ0n) is 20.0. The molecule has 5 rings (SSSR count). The molecule has 10 heteroatoms. The molecule has 0 saturated heterocycles. The average Bonchev–Trinajstić information content (AvgIpc) is 2.82. The van der Waals surface area contributed by atoms with Gasteiger partial charge >= 0.3 is 0 Å². The molecule has 3 aliphatic rings. The molecule has 34 heavy (non-hydrogen) atoms. The van der Waals surface area contributed by atoms with E-state index in [0.29, 0.717) is 34.5 Å². The second-order valence-corrected chi connectivity index (χ2v) is 10.6. The fourth-order valence-corrected chi connectivity index (χ4v) is 6.00. The molecule has 5 unspecified atom stereocenters. The van der Waals surface area contributed by atoms with Gasteiger partial charge in [0.2, 0.25) is 5.91 Å². The van der Waals surface area contributed by atoms with E-state index in [2.05, 4.69) is 57.4 Å². The lowest BCUT2D eigenvalue weighted by Gasteiger charge is -2.65. The average molecular weight is 534 g/mol. The van der Waals surface area contributed by atoms with Crippen molar-refractivity contribution in [2.75, 3.05) is 19.2 Å². The SMILES string of the molecule is COCOC1C(Nc2cnn(CC(=O)NCc3ccncc3)c(=O)c2Br)C(C)C2CC1C2(C)C. The van der Waals surface area contributed by atoms with Gasteiger partial charge in [0.25, 0.3) is 5.56 Å². The summed E-state index contributed by atoms with van der Waals surface area (Å²) < 4.78 is 12.8. The summed E-state index contributed by atoms with van der Waals surface area (Å²) in [5, 5.41) is 10.6. The predicted octanol–water partition coefficient (Wildman–Crippen LogP) is 2.80. The van der Waals surface area contributed by atoms with E-state index < -0.39 is 0 Å². The fraction of sp³-hybridized carbons (Fsp3) is 0.583. The number of hydrogen-bond donors (Lipinski definition) is 2.